The molecule has 1 aromatic rings. The summed E-state index contributed by atoms with van der Waals surface area (Å²) >= 11 is 0. The lowest BCUT2D eigenvalue weighted by atomic mass is 9.95. The maximum absolute atomic E-state index is 12.7. The lowest BCUT2D eigenvalue weighted by Gasteiger charge is -2.15. The van der Waals surface area contributed by atoms with Crippen LogP contribution >= 0.6 is 0 Å². The summed E-state index contributed by atoms with van der Waals surface area (Å²) in [5.74, 6) is -2.86. The summed E-state index contributed by atoms with van der Waals surface area (Å²) in [6, 6.07) is 6.05. The van der Waals surface area contributed by atoms with Crippen molar-refractivity contribution >= 4 is 11.9 Å². The van der Waals surface area contributed by atoms with E-state index in [-0.39, 0.29) is 11.7 Å². The van der Waals surface area contributed by atoms with Gasteiger partial charge in [0.1, 0.15) is 5.82 Å². The molecule has 2 unspecified atom stereocenters. The maximum Gasteiger partial charge on any atom is 0.307 e. The molecule has 1 amide bonds. The van der Waals surface area contributed by atoms with Gasteiger partial charge >= 0.3 is 5.97 Å². The fourth-order valence-corrected chi connectivity index (χ4v) is 1.58. The summed E-state index contributed by atoms with van der Waals surface area (Å²) in [7, 11) is 0. The van der Waals surface area contributed by atoms with Crippen LogP contribution in [-0.2, 0) is 16.0 Å². The van der Waals surface area contributed by atoms with Crippen molar-refractivity contribution in [2.24, 2.45) is 11.8 Å². The molecule has 0 aliphatic carbocycles. The van der Waals surface area contributed by atoms with Gasteiger partial charge in [0.25, 0.3) is 0 Å². The fourth-order valence-electron chi connectivity index (χ4n) is 1.58. The highest BCUT2D eigenvalue weighted by Gasteiger charge is 2.25. The monoisotopic (exact) mass is 267 g/mol. The van der Waals surface area contributed by atoms with Crippen molar-refractivity contribution in [3.8, 4) is 0 Å². The average Bonchev–Trinajstić information content (AvgIpc) is 2.39. The van der Waals surface area contributed by atoms with Gasteiger partial charge in [0.05, 0.1) is 5.92 Å². The summed E-state index contributed by atoms with van der Waals surface area (Å²) in [6.45, 7) is 3.50. The number of hydrogen-bond donors (Lipinski definition) is 2. The third-order valence-corrected chi connectivity index (χ3v) is 3.18. The minimum Gasteiger partial charge on any atom is -0.481 e. The van der Waals surface area contributed by atoms with Crippen molar-refractivity contribution in [1.82, 2.24) is 5.32 Å². The van der Waals surface area contributed by atoms with E-state index in [1.807, 2.05) is 0 Å². The molecular weight excluding hydrogens is 249 g/mol. The number of amides is 1. The first-order valence-electron chi connectivity index (χ1n) is 6.16. The van der Waals surface area contributed by atoms with Crippen LogP contribution in [0.5, 0.6) is 0 Å². The number of halogens is 1. The highest BCUT2D eigenvalue weighted by molar-refractivity contribution is 5.84. The standard InChI is InChI=1S/C14H18FNO3/c1-9(10(2)14(18)19)13(17)16-8-7-11-3-5-12(15)6-4-11/h3-6,9-10H,7-8H2,1-2H3,(H,16,17)(H,18,19). The Bertz CT molecular complexity index is 445. The van der Waals surface area contributed by atoms with Crippen LogP contribution in [0.15, 0.2) is 24.3 Å². The zero-order valence-corrected chi connectivity index (χ0v) is 11.0. The molecule has 4 nitrogen and oxygen atoms in total. The van der Waals surface area contributed by atoms with E-state index in [0.717, 1.165) is 5.56 Å². The molecule has 0 aliphatic rings. The second-order valence-electron chi connectivity index (χ2n) is 4.58. The molecular formula is C14H18FNO3. The SMILES string of the molecule is CC(C(=O)O)C(C)C(=O)NCCc1ccc(F)cc1. The van der Waals surface area contributed by atoms with Crippen molar-refractivity contribution in [3.63, 3.8) is 0 Å². The van der Waals surface area contributed by atoms with Gasteiger partial charge < -0.3 is 10.4 Å². The molecule has 2 N–H and O–H groups in total. The topological polar surface area (TPSA) is 66.4 Å². The quantitative estimate of drug-likeness (QED) is 0.826. The molecule has 104 valence electrons. The Kier molecular flexibility index (Phi) is 5.48. The van der Waals surface area contributed by atoms with E-state index in [9.17, 15) is 14.0 Å². The molecule has 0 saturated carbocycles. The summed E-state index contributed by atoms with van der Waals surface area (Å²) in [5, 5.41) is 11.5. The molecule has 5 heteroatoms. The van der Waals surface area contributed by atoms with Crippen LogP contribution in [0.3, 0.4) is 0 Å². The Morgan fingerprint density at radius 3 is 2.32 bits per heavy atom. The van der Waals surface area contributed by atoms with Crippen LogP contribution in [0, 0.1) is 17.7 Å². The van der Waals surface area contributed by atoms with E-state index in [2.05, 4.69) is 5.32 Å². The van der Waals surface area contributed by atoms with Crippen molar-refractivity contribution in [2.45, 2.75) is 20.3 Å². The van der Waals surface area contributed by atoms with Crippen LogP contribution in [0.2, 0.25) is 0 Å². The summed E-state index contributed by atoms with van der Waals surface area (Å²) in [4.78, 5) is 22.5. The Morgan fingerprint density at radius 1 is 1.21 bits per heavy atom. The zero-order valence-electron chi connectivity index (χ0n) is 11.0. The van der Waals surface area contributed by atoms with Crippen molar-refractivity contribution in [3.05, 3.63) is 35.6 Å². The first-order chi connectivity index (χ1) is 8.91. The summed E-state index contributed by atoms with van der Waals surface area (Å²) < 4.78 is 12.7. The number of carboxylic acids is 1. The van der Waals surface area contributed by atoms with Crippen molar-refractivity contribution < 1.29 is 19.1 Å². The third-order valence-electron chi connectivity index (χ3n) is 3.18. The number of hydrogen-bond acceptors (Lipinski definition) is 2. The van der Waals surface area contributed by atoms with Crippen LogP contribution in [0.25, 0.3) is 0 Å². The number of rotatable bonds is 6. The molecule has 0 heterocycles. The molecule has 0 aliphatic heterocycles. The van der Waals surface area contributed by atoms with E-state index < -0.39 is 17.8 Å². The minimum atomic E-state index is -0.985. The Labute approximate surface area is 111 Å². The van der Waals surface area contributed by atoms with Gasteiger partial charge in [-0.15, -0.1) is 0 Å². The Hall–Kier alpha value is -1.91. The molecule has 0 radical (unpaired) electrons. The number of carbonyl (C=O) groups excluding carboxylic acids is 1. The minimum absolute atomic E-state index is 0.281. The number of nitrogens with one attached hydrogen (secondary N) is 1. The smallest absolute Gasteiger partial charge is 0.307 e. The molecule has 0 fully saturated rings. The summed E-state index contributed by atoms with van der Waals surface area (Å²) in [6.07, 6.45) is 0.584. The van der Waals surface area contributed by atoms with Crippen molar-refractivity contribution in [2.75, 3.05) is 6.54 Å². The summed E-state index contributed by atoms with van der Waals surface area (Å²) in [5.41, 5.74) is 0.917. The number of benzene rings is 1. The molecule has 1 rings (SSSR count). The molecule has 0 spiro atoms. The average molecular weight is 267 g/mol. The van der Waals surface area contributed by atoms with E-state index in [1.165, 1.54) is 19.1 Å². The van der Waals surface area contributed by atoms with Crippen LogP contribution in [0.4, 0.5) is 4.39 Å². The van der Waals surface area contributed by atoms with Gasteiger partial charge in [-0.25, -0.2) is 4.39 Å². The number of carboxylic acid groups (broad SMARTS) is 1. The normalized spacial score (nSPS) is 13.6. The van der Waals surface area contributed by atoms with E-state index in [4.69, 9.17) is 5.11 Å². The van der Waals surface area contributed by atoms with Crippen LogP contribution in [-0.4, -0.2) is 23.5 Å². The van der Waals surface area contributed by atoms with Gasteiger partial charge in [0.15, 0.2) is 0 Å². The lowest BCUT2D eigenvalue weighted by molar-refractivity contribution is -0.146. The van der Waals surface area contributed by atoms with E-state index in [0.29, 0.717) is 13.0 Å². The molecule has 2 atom stereocenters. The van der Waals surface area contributed by atoms with E-state index >= 15 is 0 Å². The largest absolute Gasteiger partial charge is 0.481 e. The first kappa shape index (κ1) is 15.1. The van der Waals surface area contributed by atoms with Crippen LogP contribution in [0.1, 0.15) is 19.4 Å². The number of carbonyl (C=O) groups is 2. The third kappa shape index (κ3) is 4.69. The van der Waals surface area contributed by atoms with Gasteiger partial charge in [0, 0.05) is 12.5 Å². The Morgan fingerprint density at radius 2 is 1.79 bits per heavy atom. The molecule has 0 saturated heterocycles. The van der Waals surface area contributed by atoms with Crippen molar-refractivity contribution in [1.29, 1.82) is 0 Å². The van der Waals surface area contributed by atoms with Gasteiger partial charge in [-0.3, -0.25) is 9.59 Å². The maximum atomic E-state index is 12.7. The predicted octanol–water partition coefficient (Wildman–Crippen LogP) is 1.84. The fraction of sp³-hybridized carbons (Fsp3) is 0.429. The second-order valence-corrected chi connectivity index (χ2v) is 4.58. The van der Waals surface area contributed by atoms with Gasteiger partial charge in [0.2, 0.25) is 5.91 Å². The molecule has 0 aromatic heterocycles. The molecule has 19 heavy (non-hydrogen) atoms. The highest BCUT2D eigenvalue weighted by Crippen LogP contribution is 2.11. The van der Waals surface area contributed by atoms with E-state index in [1.54, 1.807) is 19.1 Å². The van der Waals surface area contributed by atoms with Crippen LogP contribution < -0.4 is 5.32 Å². The highest BCUT2D eigenvalue weighted by atomic mass is 19.1. The van der Waals surface area contributed by atoms with Gasteiger partial charge in [-0.2, -0.15) is 0 Å². The Balaban J connectivity index is 2.38. The first-order valence-corrected chi connectivity index (χ1v) is 6.16. The second kappa shape index (κ2) is 6.87. The zero-order chi connectivity index (χ0) is 14.4. The molecule has 1 aromatic carbocycles. The molecule has 0 bridgehead atoms. The number of aliphatic carboxylic acids is 1. The lowest BCUT2D eigenvalue weighted by Crippen LogP contribution is -2.36. The van der Waals surface area contributed by atoms with Gasteiger partial charge in [-0.1, -0.05) is 26.0 Å². The van der Waals surface area contributed by atoms with Gasteiger partial charge in [-0.05, 0) is 24.1 Å². The predicted molar refractivity (Wildman–Crippen MR) is 69.1 cm³/mol.